The molecule has 1 fully saturated rings. The molecule has 346 valence electrons. The van der Waals surface area contributed by atoms with Gasteiger partial charge in [0.05, 0.1) is 77.6 Å². The SMILES string of the molecule is Cc1c(F)c(F)c(F)c(OC(=O)CCOCCOCCOCCOCCN=CC(CCCCNC(=S)Nc2ccc(OC3O[C@H](CCC(=O)O)[C@@H](O)[C@H](O)[C@@H]3O)cc2)=NN)c1F. The van der Waals surface area contributed by atoms with Gasteiger partial charge in [0.1, 0.15) is 24.1 Å². The average Bonchev–Trinajstić information content (AvgIpc) is 3.25. The Labute approximate surface area is 360 Å². The fourth-order valence-corrected chi connectivity index (χ4v) is 5.64. The highest BCUT2D eigenvalue weighted by atomic mass is 32.1. The van der Waals surface area contributed by atoms with E-state index in [0.29, 0.717) is 68.2 Å². The lowest BCUT2D eigenvalue weighted by Crippen LogP contribution is -2.59. The van der Waals surface area contributed by atoms with Crippen LogP contribution in [-0.4, -0.2) is 146 Å². The molecule has 2 aromatic carbocycles. The van der Waals surface area contributed by atoms with Gasteiger partial charge >= 0.3 is 11.9 Å². The Morgan fingerprint density at radius 2 is 1.45 bits per heavy atom. The molecule has 8 N–H and O–H groups in total. The number of hydrogen-bond acceptors (Lipinski definition) is 16. The largest absolute Gasteiger partial charge is 0.481 e. The number of aliphatic carboxylic acids is 1. The number of halogens is 4. The van der Waals surface area contributed by atoms with E-state index in [0.717, 1.165) is 19.8 Å². The van der Waals surface area contributed by atoms with Gasteiger partial charge < -0.3 is 70.1 Å². The highest BCUT2D eigenvalue weighted by molar-refractivity contribution is 7.80. The highest BCUT2D eigenvalue weighted by Crippen LogP contribution is 2.30. The van der Waals surface area contributed by atoms with E-state index in [-0.39, 0.29) is 45.7 Å². The molecule has 23 heteroatoms. The number of hydrazone groups is 1. The van der Waals surface area contributed by atoms with Gasteiger partial charge in [-0.2, -0.15) is 9.49 Å². The Balaban J connectivity index is 1.14. The normalized spacial score (nSPS) is 19.1. The van der Waals surface area contributed by atoms with Crippen molar-refractivity contribution in [3.8, 4) is 11.5 Å². The molecule has 18 nitrogen and oxygen atoms in total. The van der Waals surface area contributed by atoms with Crippen molar-refractivity contribution in [3.05, 3.63) is 53.1 Å². The molecule has 3 rings (SSSR count). The number of nitrogens with one attached hydrogen (secondary N) is 2. The minimum atomic E-state index is -1.94. The van der Waals surface area contributed by atoms with Crippen LogP contribution in [0.15, 0.2) is 34.4 Å². The van der Waals surface area contributed by atoms with E-state index in [1.807, 2.05) is 0 Å². The number of benzene rings is 2. The Morgan fingerprint density at radius 3 is 2.08 bits per heavy atom. The predicted octanol–water partition coefficient (Wildman–Crippen LogP) is 2.51. The molecule has 0 radical (unpaired) electrons. The lowest BCUT2D eigenvalue weighted by molar-refractivity contribution is -0.273. The number of carboxylic acid groups (broad SMARTS) is 1. The first-order valence-electron chi connectivity index (χ1n) is 19.6. The molecule has 2 aromatic rings. The van der Waals surface area contributed by atoms with Crippen molar-refractivity contribution in [3.63, 3.8) is 0 Å². The van der Waals surface area contributed by atoms with E-state index in [1.54, 1.807) is 30.5 Å². The second-order valence-electron chi connectivity index (χ2n) is 13.5. The number of carbonyl (C=O) groups excluding carboxylic acids is 1. The van der Waals surface area contributed by atoms with Crippen LogP contribution < -0.4 is 25.9 Å². The molecule has 0 aliphatic carbocycles. The number of ether oxygens (including phenoxy) is 7. The van der Waals surface area contributed by atoms with Crippen LogP contribution in [0.5, 0.6) is 11.5 Å². The van der Waals surface area contributed by atoms with Crippen molar-refractivity contribution in [2.45, 2.75) is 76.2 Å². The molecular formula is C39H53F4N5O13S. The Kier molecular flexibility index (Phi) is 23.5. The number of thiocarbonyl (C=S) groups is 1. The molecule has 1 unspecified atom stereocenters. The lowest BCUT2D eigenvalue weighted by Gasteiger charge is -2.40. The molecule has 1 saturated heterocycles. The monoisotopic (exact) mass is 907 g/mol. The fraction of sp³-hybridized carbons (Fsp3) is 0.564. The van der Waals surface area contributed by atoms with E-state index in [4.69, 9.17) is 51.6 Å². The maximum Gasteiger partial charge on any atom is 0.313 e. The number of aliphatic imine (C=N–C) groups is 1. The van der Waals surface area contributed by atoms with Crippen LogP contribution in [0.4, 0.5) is 23.2 Å². The van der Waals surface area contributed by atoms with Crippen LogP contribution in [0.3, 0.4) is 0 Å². The Morgan fingerprint density at radius 1 is 0.823 bits per heavy atom. The standard InChI is InChI=1S/C39H53F4N5O13S/c1-23-30(40)32(42)33(43)37(31(23)41)61-29(51)11-14-55-16-18-57-20-21-58-19-17-56-15-13-45-22-25(48-44)4-2-3-12-46-39(62)47-24-5-7-26(8-6-24)59-38-36(54)35(53)34(52)27(60-38)9-10-28(49)50/h5-8,22,27,34-36,38,52-54H,2-4,9-21,44H2,1H3,(H,49,50)(H2,46,47,62)/t27-,34-,35+,36+,38?/m1/s1. The number of unbranched alkanes of at least 4 members (excludes halogenated alkanes) is 1. The summed E-state index contributed by atoms with van der Waals surface area (Å²) < 4.78 is 91.8. The van der Waals surface area contributed by atoms with Crippen molar-refractivity contribution in [2.75, 3.05) is 71.3 Å². The van der Waals surface area contributed by atoms with Crippen LogP contribution in [0.25, 0.3) is 0 Å². The summed E-state index contributed by atoms with van der Waals surface area (Å²) in [5.41, 5.74) is 0.462. The molecule has 0 spiro atoms. The Hall–Kier alpha value is -4.59. The molecule has 1 aliphatic rings. The van der Waals surface area contributed by atoms with Gasteiger partial charge in [0, 0.05) is 30.4 Å². The van der Waals surface area contributed by atoms with Gasteiger partial charge in [0.2, 0.25) is 17.9 Å². The number of carboxylic acids is 1. The first-order chi connectivity index (χ1) is 29.7. The van der Waals surface area contributed by atoms with E-state index >= 15 is 0 Å². The van der Waals surface area contributed by atoms with Crippen LogP contribution in [0, 0.1) is 30.2 Å². The summed E-state index contributed by atoms with van der Waals surface area (Å²) in [6.45, 7) is 3.58. The van der Waals surface area contributed by atoms with Crippen molar-refractivity contribution in [1.82, 2.24) is 5.32 Å². The summed E-state index contributed by atoms with van der Waals surface area (Å²) in [4.78, 5) is 27.0. The minimum Gasteiger partial charge on any atom is -0.481 e. The molecule has 62 heavy (non-hydrogen) atoms. The summed E-state index contributed by atoms with van der Waals surface area (Å²) in [6, 6.07) is 6.53. The van der Waals surface area contributed by atoms with E-state index < -0.39 is 77.2 Å². The number of aliphatic hydroxyl groups is 3. The van der Waals surface area contributed by atoms with Gasteiger partial charge in [-0.15, -0.1) is 0 Å². The summed E-state index contributed by atoms with van der Waals surface area (Å²) in [6.07, 6.45) is -3.99. The van der Waals surface area contributed by atoms with Gasteiger partial charge in [0.25, 0.3) is 0 Å². The number of rotatable bonds is 28. The summed E-state index contributed by atoms with van der Waals surface area (Å²) >= 11 is 5.37. The van der Waals surface area contributed by atoms with E-state index in [2.05, 4.69) is 25.5 Å². The summed E-state index contributed by atoms with van der Waals surface area (Å²) in [5, 5.41) is 49.9. The fourth-order valence-electron chi connectivity index (χ4n) is 5.42. The zero-order valence-electron chi connectivity index (χ0n) is 33.9. The van der Waals surface area contributed by atoms with Gasteiger partial charge in [-0.05, 0) is 69.1 Å². The van der Waals surface area contributed by atoms with Crippen molar-refractivity contribution >= 4 is 46.9 Å². The molecule has 1 heterocycles. The number of nitrogens with two attached hydrogens (primary N) is 1. The molecule has 1 aliphatic heterocycles. The molecule has 0 amide bonds. The van der Waals surface area contributed by atoms with Crippen LogP contribution in [0.2, 0.25) is 0 Å². The topological polar surface area (TPSA) is 254 Å². The predicted molar refractivity (Wildman–Crippen MR) is 218 cm³/mol. The first-order valence-corrected chi connectivity index (χ1v) is 20.0. The third kappa shape index (κ3) is 18.0. The molecule has 5 atom stereocenters. The van der Waals surface area contributed by atoms with Gasteiger partial charge in [0.15, 0.2) is 22.6 Å². The van der Waals surface area contributed by atoms with Crippen molar-refractivity contribution in [2.24, 2.45) is 15.9 Å². The maximum atomic E-state index is 14.0. The zero-order chi connectivity index (χ0) is 45.4. The van der Waals surface area contributed by atoms with Gasteiger partial charge in [-0.3, -0.25) is 14.6 Å². The molecular weight excluding hydrogens is 855 g/mol. The van der Waals surface area contributed by atoms with Crippen molar-refractivity contribution in [1.29, 1.82) is 0 Å². The first kappa shape index (κ1) is 51.8. The second kappa shape index (κ2) is 28.2. The summed E-state index contributed by atoms with van der Waals surface area (Å²) in [7, 11) is 0. The number of anilines is 1. The lowest BCUT2D eigenvalue weighted by atomic mass is 9.96. The van der Waals surface area contributed by atoms with Gasteiger partial charge in [-0.1, -0.05) is 0 Å². The number of carbonyl (C=O) groups is 2. The quantitative estimate of drug-likeness (QED) is 0.00619. The third-order valence-electron chi connectivity index (χ3n) is 8.82. The van der Waals surface area contributed by atoms with Crippen LogP contribution in [0.1, 0.15) is 44.1 Å². The number of esters is 1. The maximum absolute atomic E-state index is 14.0. The average molecular weight is 908 g/mol. The number of nitrogens with zero attached hydrogens (tertiary/aromatic N) is 2. The highest BCUT2D eigenvalue weighted by Gasteiger charge is 2.45. The number of hydrogen-bond donors (Lipinski definition) is 7. The minimum absolute atomic E-state index is 0.0748. The van der Waals surface area contributed by atoms with E-state index in [9.17, 15) is 42.5 Å². The van der Waals surface area contributed by atoms with Crippen LogP contribution >= 0.6 is 12.2 Å². The zero-order valence-corrected chi connectivity index (χ0v) is 34.8. The van der Waals surface area contributed by atoms with E-state index in [1.165, 1.54) is 0 Å². The molecule has 0 aromatic heterocycles. The molecule has 0 saturated carbocycles. The Bertz CT molecular complexity index is 1750. The van der Waals surface area contributed by atoms with Crippen LogP contribution in [-0.2, 0) is 33.3 Å². The summed E-state index contributed by atoms with van der Waals surface area (Å²) in [5.74, 6) is -4.74. The van der Waals surface area contributed by atoms with Gasteiger partial charge in [-0.25, -0.2) is 13.2 Å². The third-order valence-corrected chi connectivity index (χ3v) is 9.06. The number of aliphatic hydroxyl groups excluding tert-OH is 3. The second-order valence-corrected chi connectivity index (χ2v) is 13.9. The molecule has 0 bridgehead atoms. The smallest absolute Gasteiger partial charge is 0.313 e. The van der Waals surface area contributed by atoms with Crippen molar-refractivity contribution < 1.29 is 80.7 Å².